The van der Waals surface area contributed by atoms with Crippen molar-refractivity contribution in [3.63, 3.8) is 0 Å². The van der Waals surface area contributed by atoms with Crippen molar-refractivity contribution < 1.29 is 19.4 Å². The van der Waals surface area contributed by atoms with Gasteiger partial charge in [0.1, 0.15) is 12.4 Å². The zero-order valence-electron chi connectivity index (χ0n) is 12.6. The molecule has 1 fully saturated rings. The van der Waals surface area contributed by atoms with E-state index < -0.39 is 5.97 Å². The van der Waals surface area contributed by atoms with Crippen LogP contribution in [-0.4, -0.2) is 54.4 Å². The van der Waals surface area contributed by atoms with Gasteiger partial charge < -0.3 is 14.6 Å². The molecule has 0 saturated carbocycles. The van der Waals surface area contributed by atoms with Gasteiger partial charge in [-0.15, -0.1) is 0 Å². The van der Waals surface area contributed by atoms with E-state index in [0.29, 0.717) is 6.61 Å². The van der Waals surface area contributed by atoms with Gasteiger partial charge in [-0.3, -0.25) is 9.69 Å². The molecule has 2 atom stereocenters. The van der Waals surface area contributed by atoms with Crippen LogP contribution < -0.4 is 4.74 Å². The molecule has 1 saturated heterocycles. The van der Waals surface area contributed by atoms with Gasteiger partial charge >= 0.3 is 5.97 Å². The second-order valence-electron chi connectivity index (χ2n) is 5.58. The van der Waals surface area contributed by atoms with Crippen LogP contribution in [0.5, 0.6) is 5.75 Å². The molecule has 1 N–H and O–H groups in total. The number of nitrogens with zero attached hydrogens (tertiary/aromatic N) is 1. The van der Waals surface area contributed by atoms with Gasteiger partial charge in [-0.25, -0.2) is 0 Å². The van der Waals surface area contributed by atoms with Gasteiger partial charge in [0, 0.05) is 19.6 Å². The predicted molar refractivity (Wildman–Crippen MR) is 79.7 cm³/mol. The molecule has 1 aliphatic rings. The topological polar surface area (TPSA) is 59.0 Å². The Labute approximate surface area is 125 Å². The molecule has 1 aliphatic heterocycles. The van der Waals surface area contributed by atoms with E-state index in [4.69, 9.17) is 14.6 Å². The summed E-state index contributed by atoms with van der Waals surface area (Å²) in [6, 6.07) is 7.23. The standard InChI is InChI=1S/C16H23NO4/c1-12-10-17(11-13(2)21-12)7-8-20-15-5-3-14(4-6-15)9-16(18)19/h3-6,12-13H,7-11H2,1-2H3,(H,18,19)/t12-,13-/m1/s1. The third-order valence-corrected chi connectivity index (χ3v) is 3.45. The maximum absolute atomic E-state index is 10.6. The highest BCUT2D eigenvalue weighted by Crippen LogP contribution is 2.14. The van der Waals surface area contributed by atoms with Crippen LogP contribution in [0.1, 0.15) is 19.4 Å². The number of hydrogen-bond donors (Lipinski definition) is 1. The number of aliphatic carboxylic acids is 1. The maximum Gasteiger partial charge on any atom is 0.307 e. The first-order valence-electron chi connectivity index (χ1n) is 7.34. The van der Waals surface area contributed by atoms with Gasteiger partial charge in [-0.05, 0) is 31.5 Å². The average Bonchev–Trinajstić information content (AvgIpc) is 2.39. The second-order valence-corrected chi connectivity index (χ2v) is 5.58. The smallest absolute Gasteiger partial charge is 0.307 e. The Balaban J connectivity index is 1.74. The maximum atomic E-state index is 10.6. The van der Waals surface area contributed by atoms with Gasteiger partial charge in [0.05, 0.1) is 18.6 Å². The summed E-state index contributed by atoms with van der Waals surface area (Å²) in [4.78, 5) is 13.0. The second kappa shape index (κ2) is 7.43. The number of carbonyl (C=O) groups is 1. The van der Waals surface area contributed by atoms with Crippen molar-refractivity contribution in [3.8, 4) is 5.75 Å². The van der Waals surface area contributed by atoms with E-state index in [1.807, 2.05) is 12.1 Å². The van der Waals surface area contributed by atoms with Crippen molar-refractivity contribution in [2.45, 2.75) is 32.5 Å². The normalized spacial score (nSPS) is 23.0. The van der Waals surface area contributed by atoms with Crippen molar-refractivity contribution in [1.29, 1.82) is 0 Å². The number of carboxylic acids is 1. The van der Waals surface area contributed by atoms with Gasteiger partial charge in [-0.1, -0.05) is 12.1 Å². The molecular formula is C16H23NO4. The lowest BCUT2D eigenvalue weighted by Gasteiger charge is -2.35. The highest BCUT2D eigenvalue weighted by Gasteiger charge is 2.21. The summed E-state index contributed by atoms with van der Waals surface area (Å²) in [6.07, 6.45) is 0.581. The minimum absolute atomic E-state index is 0.0455. The van der Waals surface area contributed by atoms with E-state index in [1.165, 1.54) is 0 Å². The van der Waals surface area contributed by atoms with Crippen molar-refractivity contribution >= 4 is 5.97 Å². The molecule has 2 rings (SSSR count). The number of ether oxygens (including phenoxy) is 2. The van der Waals surface area contributed by atoms with Crippen molar-refractivity contribution in [1.82, 2.24) is 4.90 Å². The Kier molecular flexibility index (Phi) is 5.59. The Morgan fingerprint density at radius 1 is 1.29 bits per heavy atom. The van der Waals surface area contributed by atoms with Crippen LogP contribution in [0.4, 0.5) is 0 Å². The molecule has 0 radical (unpaired) electrons. The quantitative estimate of drug-likeness (QED) is 0.866. The monoisotopic (exact) mass is 293 g/mol. The van der Waals surface area contributed by atoms with Gasteiger partial charge in [0.2, 0.25) is 0 Å². The lowest BCUT2D eigenvalue weighted by Crippen LogP contribution is -2.46. The third kappa shape index (κ3) is 5.36. The van der Waals surface area contributed by atoms with Crippen LogP contribution in [0.15, 0.2) is 24.3 Å². The van der Waals surface area contributed by atoms with E-state index in [9.17, 15) is 4.79 Å². The molecule has 0 spiro atoms. The first-order valence-corrected chi connectivity index (χ1v) is 7.34. The summed E-state index contributed by atoms with van der Waals surface area (Å²) < 4.78 is 11.4. The first kappa shape index (κ1) is 15.8. The van der Waals surface area contributed by atoms with Crippen LogP contribution in [0.2, 0.25) is 0 Å². The van der Waals surface area contributed by atoms with Crippen molar-refractivity contribution in [3.05, 3.63) is 29.8 Å². The van der Waals surface area contributed by atoms with E-state index in [1.54, 1.807) is 12.1 Å². The fourth-order valence-corrected chi connectivity index (χ4v) is 2.64. The fourth-order valence-electron chi connectivity index (χ4n) is 2.64. The van der Waals surface area contributed by atoms with Crippen molar-refractivity contribution in [2.24, 2.45) is 0 Å². The molecule has 1 aromatic rings. The van der Waals surface area contributed by atoms with Gasteiger partial charge in [0.15, 0.2) is 0 Å². The largest absolute Gasteiger partial charge is 0.492 e. The lowest BCUT2D eigenvalue weighted by molar-refractivity contribution is -0.136. The number of carboxylic acid groups (broad SMARTS) is 1. The number of benzene rings is 1. The minimum Gasteiger partial charge on any atom is -0.492 e. The predicted octanol–water partition coefficient (Wildman–Crippen LogP) is 1.80. The highest BCUT2D eigenvalue weighted by molar-refractivity contribution is 5.70. The number of hydrogen-bond acceptors (Lipinski definition) is 4. The zero-order valence-corrected chi connectivity index (χ0v) is 12.6. The summed E-state index contributed by atoms with van der Waals surface area (Å²) in [6.45, 7) is 7.54. The summed E-state index contributed by atoms with van der Waals surface area (Å²) in [7, 11) is 0. The van der Waals surface area contributed by atoms with E-state index >= 15 is 0 Å². The molecule has 1 heterocycles. The molecule has 21 heavy (non-hydrogen) atoms. The summed E-state index contributed by atoms with van der Waals surface area (Å²) in [5.74, 6) is -0.0438. The van der Waals surface area contributed by atoms with Crippen LogP contribution in [0.25, 0.3) is 0 Å². The minimum atomic E-state index is -0.820. The van der Waals surface area contributed by atoms with E-state index in [2.05, 4.69) is 18.7 Å². The Morgan fingerprint density at radius 2 is 1.90 bits per heavy atom. The van der Waals surface area contributed by atoms with Crippen molar-refractivity contribution in [2.75, 3.05) is 26.2 Å². The van der Waals surface area contributed by atoms with Crippen LogP contribution in [0, 0.1) is 0 Å². The molecule has 5 nitrogen and oxygen atoms in total. The van der Waals surface area contributed by atoms with E-state index in [0.717, 1.165) is 30.9 Å². The Hall–Kier alpha value is -1.59. The first-order chi connectivity index (χ1) is 10.0. The van der Waals surface area contributed by atoms with Gasteiger partial charge in [0.25, 0.3) is 0 Å². The third-order valence-electron chi connectivity index (χ3n) is 3.45. The van der Waals surface area contributed by atoms with Crippen LogP contribution >= 0.6 is 0 Å². The molecule has 1 aromatic carbocycles. The zero-order chi connectivity index (χ0) is 15.2. The molecule has 116 valence electrons. The van der Waals surface area contributed by atoms with Crippen LogP contribution in [-0.2, 0) is 16.0 Å². The number of rotatable bonds is 6. The van der Waals surface area contributed by atoms with Crippen LogP contribution in [0.3, 0.4) is 0 Å². The fraction of sp³-hybridized carbons (Fsp3) is 0.562. The van der Waals surface area contributed by atoms with Gasteiger partial charge in [-0.2, -0.15) is 0 Å². The molecule has 0 aliphatic carbocycles. The summed E-state index contributed by atoms with van der Waals surface area (Å²) in [5, 5.41) is 8.72. The summed E-state index contributed by atoms with van der Waals surface area (Å²) >= 11 is 0. The van der Waals surface area contributed by atoms with E-state index in [-0.39, 0.29) is 18.6 Å². The Bertz CT molecular complexity index is 450. The molecule has 0 amide bonds. The molecular weight excluding hydrogens is 270 g/mol. The number of morpholine rings is 1. The average molecular weight is 293 g/mol. The SMILES string of the molecule is C[C@@H]1CN(CCOc2ccc(CC(=O)O)cc2)C[C@@H](C)O1. The molecule has 0 unspecified atom stereocenters. The molecule has 0 aromatic heterocycles. The summed E-state index contributed by atoms with van der Waals surface area (Å²) in [5.41, 5.74) is 0.783. The lowest BCUT2D eigenvalue weighted by atomic mass is 10.1. The highest BCUT2D eigenvalue weighted by atomic mass is 16.5. The molecule has 0 bridgehead atoms. The molecule has 5 heteroatoms. The Morgan fingerprint density at radius 3 is 2.48 bits per heavy atom.